The molecule has 0 atom stereocenters. The fourth-order valence-corrected chi connectivity index (χ4v) is 2.23. The predicted molar refractivity (Wildman–Crippen MR) is 88.3 cm³/mol. The zero-order valence-electron chi connectivity index (χ0n) is 13.3. The number of hydrogen-bond acceptors (Lipinski definition) is 2. The van der Waals surface area contributed by atoms with Gasteiger partial charge in [0.25, 0.3) is 0 Å². The van der Waals surface area contributed by atoms with E-state index in [0.29, 0.717) is 5.92 Å². The van der Waals surface area contributed by atoms with Crippen LogP contribution in [0, 0.1) is 0 Å². The molecule has 2 aromatic rings. The molecule has 1 aromatic carbocycles. The Morgan fingerprint density at radius 1 is 1.24 bits per heavy atom. The summed E-state index contributed by atoms with van der Waals surface area (Å²) in [4.78, 5) is 0. The van der Waals surface area contributed by atoms with Gasteiger partial charge in [-0.1, -0.05) is 54.9 Å². The molecule has 0 aliphatic carbocycles. The second kappa shape index (κ2) is 7.07. The van der Waals surface area contributed by atoms with Crippen molar-refractivity contribution >= 4 is 12.2 Å². The summed E-state index contributed by atoms with van der Waals surface area (Å²) in [5.41, 5.74) is 4.87. The van der Waals surface area contributed by atoms with Crippen LogP contribution in [-0.4, -0.2) is 5.16 Å². The normalized spacial score (nSPS) is 14.2. The van der Waals surface area contributed by atoms with Crippen molar-refractivity contribution in [2.24, 2.45) is 0 Å². The molecule has 2 nitrogen and oxygen atoms in total. The molecule has 1 aromatic heterocycles. The van der Waals surface area contributed by atoms with Crippen LogP contribution in [0.15, 0.2) is 46.6 Å². The minimum Gasteiger partial charge on any atom is -0.357 e. The zero-order chi connectivity index (χ0) is 15.2. The third-order valence-electron chi connectivity index (χ3n) is 3.57. The molecule has 0 N–H and O–H groups in total. The van der Waals surface area contributed by atoms with Gasteiger partial charge in [0.05, 0.1) is 6.20 Å². The van der Waals surface area contributed by atoms with Crippen molar-refractivity contribution < 1.29 is 4.52 Å². The Kier molecular flexibility index (Phi) is 5.15. The Labute approximate surface area is 126 Å². The number of allylic oxidation sites excluding steroid dienone is 2. The number of hydrogen-bond donors (Lipinski definition) is 0. The van der Waals surface area contributed by atoms with Crippen molar-refractivity contribution in [2.45, 2.75) is 40.0 Å². The standard InChI is InChI=1S/C19H23NO/c1-5-19-18(13-20-21-19)9-6-15(4)12-16-7-10-17(11-8-16)14(2)3/h5-11,13-14H,12H2,1-4H3/b15-6+,18-9-,19-5+. The van der Waals surface area contributed by atoms with Crippen molar-refractivity contribution in [1.82, 2.24) is 5.16 Å². The van der Waals surface area contributed by atoms with E-state index in [1.165, 1.54) is 16.7 Å². The summed E-state index contributed by atoms with van der Waals surface area (Å²) in [7, 11) is 0. The highest BCUT2D eigenvalue weighted by molar-refractivity contribution is 5.40. The van der Waals surface area contributed by atoms with Gasteiger partial charge in [-0.15, -0.1) is 0 Å². The molecule has 0 saturated carbocycles. The second-order valence-corrected chi connectivity index (χ2v) is 5.69. The van der Waals surface area contributed by atoms with Crippen molar-refractivity contribution in [3.8, 4) is 0 Å². The summed E-state index contributed by atoms with van der Waals surface area (Å²) in [5.74, 6) is 0.585. The predicted octanol–water partition coefficient (Wildman–Crippen LogP) is 3.57. The minimum absolute atomic E-state index is 0.585. The second-order valence-electron chi connectivity index (χ2n) is 5.69. The maximum atomic E-state index is 5.13. The summed E-state index contributed by atoms with van der Waals surface area (Å²) in [6.07, 6.45) is 8.83. The van der Waals surface area contributed by atoms with Gasteiger partial charge in [-0.25, -0.2) is 0 Å². The number of rotatable bonds is 4. The average Bonchev–Trinajstić information content (AvgIpc) is 2.93. The molecule has 0 spiro atoms. The third kappa shape index (κ3) is 4.19. The molecule has 21 heavy (non-hydrogen) atoms. The monoisotopic (exact) mass is 281 g/mol. The van der Waals surface area contributed by atoms with E-state index in [4.69, 9.17) is 4.52 Å². The largest absolute Gasteiger partial charge is 0.357 e. The fraction of sp³-hybridized carbons (Fsp3) is 0.316. The maximum Gasteiger partial charge on any atom is 0.162 e. The first-order valence-corrected chi connectivity index (χ1v) is 7.43. The lowest BCUT2D eigenvalue weighted by molar-refractivity contribution is 0.393. The van der Waals surface area contributed by atoms with Gasteiger partial charge in [-0.3, -0.25) is 0 Å². The van der Waals surface area contributed by atoms with Crippen molar-refractivity contribution in [2.75, 3.05) is 0 Å². The lowest BCUT2D eigenvalue weighted by Gasteiger charge is -2.07. The molecule has 2 heteroatoms. The van der Waals surface area contributed by atoms with E-state index in [2.05, 4.69) is 62.3 Å². The molecular weight excluding hydrogens is 258 g/mol. The highest BCUT2D eigenvalue weighted by Crippen LogP contribution is 2.16. The third-order valence-corrected chi connectivity index (χ3v) is 3.57. The van der Waals surface area contributed by atoms with Crippen LogP contribution in [0.2, 0.25) is 0 Å². The molecule has 0 fully saturated rings. The topological polar surface area (TPSA) is 26.0 Å². The Bertz CT molecular complexity index is 718. The van der Waals surface area contributed by atoms with Gasteiger partial charge in [0.2, 0.25) is 0 Å². The number of benzene rings is 1. The van der Waals surface area contributed by atoms with E-state index in [0.717, 1.165) is 17.1 Å². The smallest absolute Gasteiger partial charge is 0.162 e. The molecule has 2 rings (SSSR count). The molecule has 0 amide bonds. The first-order valence-electron chi connectivity index (χ1n) is 7.43. The molecule has 0 saturated heterocycles. The van der Waals surface area contributed by atoms with Crippen LogP contribution in [-0.2, 0) is 6.42 Å². The van der Waals surface area contributed by atoms with E-state index < -0.39 is 0 Å². The molecule has 0 unspecified atom stereocenters. The first-order chi connectivity index (χ1) is 10.1. The van der Waals surface area contributed by atoms with Gasteiger partial charge < -0.3 is 4.52 Å². The highest BCUT2D eigenvalue weighted by atomic mass is 16.5. The highest BCUT2D eigenvalue weighted by Gasteiger charge is 1.99. The van der Waals surface area contributed by atoms with Crippen LogP contribution in [0.3, 0.4) is 0 Å². The molecule has 0 aliphatic heterocycles. The molecule has 0 bridgehead atoms. The molecule has 110 valence electrons. The van der Waals surface area contributed by atoms with E-state index in [1.54, 1.807) is 6.20 Å². The molecular formula is C19H23NO. The summed E-state index contributed by atoms with van der Waals surface area (Å²) >= 11 is 0. The Hall–Kier alpha value is -2.09. The minimum atomic E-state index is 0.585. The van der Waals surface area contributed by atoms with Crippen LogP contribution in [0.25, 0.3) is 12.2 Å². The Morgan fingerprint density at radius 3 is 2.57 bits per heavy atom. The maximum absolute atomic E-state index is 5.13. The van der Waals surface area contributed by atoms with Crippen LogP contribution in [0.1, 0.15) is 44.7 Å². The van der Waals surface area contributed by atoms with E-state index in [1.807, 2.05) is 13.0 Å². The van der Waals surface area contributed by atoms with Gasteiger partial charge in [0.1, 0.15) is 0 Å². The SMILES string of the molecule is C/C=c1/onc/c1=C/C=C(\C)Cc1ccc(C(C)C)cc1. The summed E-state index contributed by atoms with van der Waals surface area (Å²) in [5, 5.41) is 4.83. The Balaban J connectivity index is 2.12. The summed E-state index contributed by atoms with van der Waals surface area (Å²) in [6.45, 7) is 8.53. The van der Waals surface area contributed by atoms with Gasteiger partial charge >= 0.3 is 0 Å². The number of nitrogens with zero attached hydrogens (tertiary/aromatic N) is 1. The van der Waals surface area contributed by atoms with E-state index >= 15 is 0 Å². The fourth-order valence-electron chi connectivity index (χ4n) is 2.23. The summed E-state index contributed by atoms with van der Waals surface area (Å²) < 4.78 is 5.13. The van der Waals surface area contributed by atoms with Crippen molar-refractivity contribution in [3.05, 3.63) is 63.9 Å². The molecule has 0 radical (unpaired) electrons. The average molecular weight is 281 g/mol. The van der Waals surface area contributed by atoms with Crippen LogP contribution in [0.4, 0.5) is 0 Å². The van der Waals surface area contributed by atoms with E-state index in [-0.39, 0.29) is 0 Å². The first kappa shape index (κ1) is 15.3. The lowest BCUT2D eigenvalue weighted by atomic mass is 9.99. The van der Waals surface area contributed by atoms with Crippen LogP contribution < -0.4 is 10.6 Å². The summed E-state index contributed by atoms with van der Waals surface area (Å²) in [6, 6.07) is 8.89. The molecule has 0 aliphatic rings. The van der Waals surface area contributed by atoms with Gasteiger partial charge in [0, 0.05) is 5.22 Å². The molecule has 1 heterocycles. The quantitative estimate of drug-likeness (QED) is 0.856. The van der Waals surface area contributed by atoms with Gasteiger partial charge in [0.15, 0.2) is 5.42 Å². The Morgan fingerprint density at radius 2 is 1.95 bits per heavy atom. The van der Waals surface area contributed by atoms with Crippen LogP contribution >= 0.6 is 0 Å². The van der Waals surface area contributed by atoms with Gasteiger partial charge in [-0.2, -0.15) is 0 Å². The zero-order valence-corrected chi connectivity index (χ0v) is 13.3. The van der Waals surface area contributed by atoms with Crippen molar-refractivity contribution in [1.29, 1.82) is 0 Å². The van der Waals surface area contributed by atoms with E-state index in [9.17, 15) is 0 Å². The number of aromatic nitrogens is 1. The van der Waals surface area contributed by atoms with Gasteiger partial charge in [-0.05, 0) is 49.5 Å². The lowest BCUT2D eigenvalue weighted by Crippen LogP contribution is -2.17. The van der Waals surface area contributed by atoms with Crippen molar-refractivity contribution in [3.63, 3.8) is 0 Å². The van der Waals surface area contributed by atoms with Crippen LogP contribution in [0.5, 0.6) is 0 Å².